The maximum Gasteiger partial charge on any atom is 0.0722 e. The molecule has 2 aromatic carbocycles. The van der Waals surface area contributed by atoms with Gasteiger partial charge in [-0.1, -0.05) is 42.5 Å². The second-order valence-corrected chi connectivity index (χ2v) is 4.25. The van der Waals surface area contributed by atoms with Crippen LogP contribution in [0.5, 0.6) is 0 Å². The first-order valence-electron chi connectivity index (χ1n) is 6.26. The molecule has 0 aliphatic heterocycles. The van der Waals surface area contributed by atoms with E-state index in [1.165, 1.54) is 0 Å². The van der Waals surface area contributed by atoms with Crippen molar-refractivity contribution >= 4 is 11.4 Å². The van der Waals surface area contributed by atoms with E-state index in [2.05, 4.69) is 34.6 Å². The molecule has 19 heavy (non-hydrogen) atoms. The fourth-order valence-corrected chi connectivity index (χ4v) is 2.01. The predicted molar refractivity (Wildman–Crippen MR) is 79.4 cm³/mol. The van der Waals surface area contributed by atoms with Gasteiger partial charge in [-0.15, -0.1) is 0 Å². The van der Waals surface area contributed by atoms with Crippen LogP contribution in [0.2, 0.25) is 0 Å². The standard InChI is InChI=1S/C17H14N2/c1-2-8-14(9-3-1)19-17-12-5-4-10-15(17)16-11-6-7-13-18-16/h1-13,19H. The minimum atomic E-state index is 0.974. The summed E-state index contributed by atoms with van der Waals surface area (Å²) >= 11 is 0. The second kappa shape index (κ2) is 5.36. The van der Waals surface area contributed by atoms with Crippen molar-refractivity contribution in [3.63, 3.8) is 0 Å². The first-order chi connectivity index (χ1) is 9.43. The van der Waals surface area contributed by atoms with Gasteiger partial charge in [0, 0.05) is 23.1 Å². The third-order valence-corrected chi connectivity index (χ3v) is 2.92. The van der Waals surface area contributed by atoms with Crippen LogP contribution in [0.15, 0.2) is 79.0 Å². The average Bonchev–Trinajstić information content (AvgIpc) is 2.50. The molecular formula is C17H14N2. The number of hydrogen-bond acceptors (Lipinski definition) is 2. The van der Waals surface area contributed by atoms with Crippen LogP contribution in [0.25, 0.3) is 11.3 Å². The highest BCUT2D eigenvalue weighted by Gasteiger charge is 2.04. The van der Waals surface area contributed by atoms with Gasteiger partial charge in [-0.3, -0.25) is 4.98 Å². The summed E-state index contributed by atoms with van der Waals surface area (Å²) in [5.41, 5.74) is 4.21. The molecule has 1 aromatic heterocycles. The molecule has 0 bridgehead atoms. The highest BCUT2D eigenvalue weighted by Crippen LogP contribution is 2.28. The molecule has 0 amide bonds. The first-order valence-corrected chi connectivity index (χ1v) is 6.26. The molecule has 2 nitrogen and oxygen atoms in total. The number of nitrogens with zero attached hydrogens (tertiary/aromatic N) is 1. The number of benzene rings is 2. The Morgan fingerprint density at radius 1 is 0.684 bits per heavy atom. The molecule has 0 aliphatic rings. The van der Waals surface area contributed by atoms with Gasteiger partial charge in [0.05, 0.1) is 5.69 Å². The van der Waals surface area contributed by atoms with Crippen LogP contribution in [0.4, 0.5) is 11.4 Å². The monoisotopic (exact) mass is 246 g/mol. The highest BCUT2D eigenvalue weighted by molar-refractivity contribution is 5.78. The average molecular weight is 246 g/mol. The fourth-order valence-electron chi connectivity index (χ4n) is 2.01. The van der Waals surface area contributed by atoms with Crippen LogP contribution in [-0.4, -0.2) is 4.98 Å². The summed E-state index contributed by atoms with van der Waals surface area (Å²) in [6, 6.07) is 24.3. The van der Waals surface area contributed by atoms with Gasteiger partial charge in [-0.05, 0) is 30.3 Å². The van der Waals surface area contributed by atoms with Crippen LogP contribution >= 0.6 is 0 Å². The predicted octanol–water partition coefficient (Wildman–Crippen LogP) is 4.49. The third-order valence-electron chi connectivity index (χ3n) is 2.92. The lowest BCUT2D eigenvalue weighted by Gasteiger charge is -2.11. The first kappa shape index (κ1) is 11.5. The van der Waals surface area contributed by atoms with Crippen molar-refractivity contribution in [2.24, 2.45) is 0 Å². The quantitative estimate of drug-likeness (QED) is 0.736. The molecule has 2 heteroatoms. The van der Waals surface area contributed by atoms with Crippen molar-refractivity contribution in [1.82, 2.24) is 4.98 Å². The minimum absolute atomic E-state index is 0.974. The largest absolute Gasteiger partial charge is 0.355 e. The van der Waals surface area contributed by atoms with Gasteiger partial charge < -0.3 is 5.32 Å². The Morgan fingerprint density at radius 2 is 1.42 bits per heavy atom. The Morgan fingerprint density at radius 3 is 2.21 bits per heavy atom. The zero-order valence-corrected chi connectivity index (χ0v) is 10.5. The van der Waals surface area contributed by atoms with E-state index in [1.54, 1.807) is 0 Å². The van der Waals surface area contributed by atoms with E-state index in [-0.39, 0.29) is 0 Å². The summed E-state index contributed by atoms with van der Waals surface area (Å²) in [5, 5.41) is 3.43. The summed E-state index contributed by atoms with van der Waals surface area (Å²) in [6.45, 7) is 0. The molecule has 1 heterocycles. The molecule has 1 N–H and O–H groups in total. The number of nitrogens with one attached hydrogen (secondary N) is 1. The van der Waals surface area contributed by atoms with Crippen molar-refractivity contribution in [3.8, 4) is 11.3 Å². The third kappa shape index (κ3) is 2.63. The summed E-state index contributed by atoms with van der Waals surface area (Å²) in [6.07, 6.45) is 1.81. The SMILES string of the molecule is c1ccc(Nc2ccccc2-c2ccccn2)cc1. The Hall–Kier alpha value is -2.61. The number of pyridine rings is 1. The smallest absolute Gasteiger partial charge is 0.0722 e. The van der Waals surface area contributed by atoms with Gasteiger partial charge >= 0.3 is 0 Å². The van der Waals surface area contributed by atoms with Crippen LogP contribution < -0.4 is 5.32 Å². The summed E-state index contributed by atoms with van der Waals surface area (Å²) in [7, 11) is 0. The molecule has 92 valence electrons. The molecular weight excluding hydrogens is 232 g/mol. The summed E-state index contributed by atoms with van der Waals surface area (Å²) in [5.74, 6) is 0. The topological polar surface area (TPSA) is 24.9 Å². The summed E-state index contributed by atoms with van der Waals surface area (Å²) < 4.78 is 0. The molecule has 0 fully saturated rings. The molecule has 0 aliphatic carbocycles. The maximum atomic E-state index is 4.41. The van der Waals surface area contributed by atoms with E-state index in [4.69, 9.17) is 0 Å². The molecule has 3 aromatic rings. The van der Waals surface area contributed by atoms with Gasteiger partial charge in [0.2, 0.25) is 0 Å². The Balaban J connectivity index is 1.99. The van der Waals surface area contributed by atoms with E-state index in [1.807, 2.05) is 54.7 Å². The lowest BCUT2D eigenvalue weighted by atomic mass is 10.1. The lowest BCUT2D eigenvalue weighted by Crippen LogP contribution is -1.93. The number of hydrogen-bond donors (Lipinski definition) is 1. The van der Waals surface area contributed by atoms with Gasteiger partial charge in [-0.2, -0.15) is 0 Å². The molecule has 0 radical (unpaired) electrons. The molecule has 3 rings (SSSR count). The lowest BCUT2D eigenvalue weighted by molar-refractivity contribution is 1.32. The normalized spacial score (nSPS) is 10.1. The molecule has 0 atom stereocenters. The van der Waals surface area contributed by atoms with Crippen LogP contribution in [-0.2, 0) is 0 Å². The summed E-state index contributed by atoms with van der Waals surface area (Å²) in [4.78, 5) is 4.41. The Bertz CT molecular complexity index is 648. The number of aromatic nitrogens is 1. The maximum absolute atomic E-state index is 4.41. The van der Waals surface area contributed by atoms with Crippen molar-refractivity contribution in [2.45, 2.75) is 0 Å². The number of para-hydroxylation sites is 2. The fraction of sp³-hybridized carbons (Fsp3) is 0. The zero-order chi connectivity index (χ0) is 12.9. The van der Waals surface area contributed by atoms with Crippen molar-refractivity contribution in [3.05, 3.63) is 79.0 Å². The molecule has 0 saturated heterocycles. The van der Waals surface area contributed by atoms with E-state index in [9.17, 15) is 0 Å². The molecule has 0 unspecified atom stereocenters. The Labute approximate surface area is 112 Å². The van der Waals surface area contributed by atoms with E-state index >= 15 is 0 Å². The van der Waals surface area contributed by atoms with Crippen LogP contribution in [0.1, 0.15) is 0 Å². The van der Waals surface area contributed by atoms with Crippen LogP contribution in [0.3, 0.4) is 0 Å². The van der Waals surface area contributed by atoms with Gasteiger partial charge in [0.15, 0.2) is 0 Å². The van der Waals surface area contributed by atoms with Crippen molar-refractivity contribution in [2.75, 3.05) is 5.32 Å². The van der Waals surface area contributed by atoms with Gasteiger partial charge in [0.1, 0.15) is 0 Å². The number of rotatable bonds is 3. The van der Waals surface area contributed by atoms with Gasteiger partial charge in [-0.25, -0.2) is 0 Å². The van der Waals surface area contributed by atoms with E-state index in [0.29, 0.717) is 0 Å². The Kier molecular flexibility index (Phi) is 3.24. The second-order valence-electron chi connectivity index (χ2n) is 4.25. The minimum Gasteiger partial charge on any atom is -0.355 e. The molecule has 0 saturated carbocycles. The van der Waals surface area contributed by atoms with Crippen molar-refractivity contribution < 1.29 is 0 Å². The zero-order valence-electron chi connectivity index (χ0n) is 10.5. The highest BCUT2D eigenvalue weighted by atomic mass is 14.9. The van der Waals surface area contributed by atoms with Crippen LogP contribution in [0, 0.1) is 0 Å². The van der Waals surface area contributed by atoms with Crippen molar-refractivity contribution in [1.29, 1.82) is 0 Å². The molecule has 0 spiro atoms. The number of anilines is 2. The van der Waals surface area contributed by atoms with E-state index in [0.717, 1.165) is 22.6 Å². The van der Waals surface area contributed by atoms with E-state index < -0.39 is 0 Å². The van der Waals surface area contributed by atoms with Gasteiger partial charge in [0.25, 0.3) is 0 Å².